The van der Waals surface area contributed by atoms with Crippen molar-refractivity contribution < 1.29 is 0 Å². The van der Waals surface area contributed by atoms with Crippen LogP contribution < -0.4 is 11.1 Å². The molecule has 0 bridgehead atoms. The van der Waals surface area contributed by atoms with Gasteiger partial charge < -0.3 is 11.1 Å². The first-order chi connectivity index (χ1) is 6.72. The van der Waals surface area contributed by atoms with Gasteiger partial charge in [0.2, 0.25) is 0 Å². The van der Waals surface area contributed by atoms with E-state index in [-0.39, 0.29) is 0 Å². The van der Waals surface area contributed by atoms with Gasteiger partial charge >= 0.3 is 0 Å². The van der Waals surface area contributed by atoms with Crippen molar-refractivity contribution in [2.75, 3.05) is 11.1 Å². The van der Waals surface area contributed by atoms with Crippen LogP contribution in [0.25, 0.3) is 0 Å². The van der Waals surface area contributed by atoms with E-state index in [1.165, 1.54) is 24.1 Å². The molecule has 1 saturated carbocycles. The normalized spacial score (nSPS) is 24.7. The first kappa shape index (κ1) is 9.38. The molecular formula is C12H18N2. The van der Waals surface area contributed by atoms with Crippen LogP contribution in [0.5, 0.6) is 0 Å². The molecule has 0 radical (unpaired) electrons. The van der Waals surface area contributed by atoms with Gasteiger partial charge in [-0.1, -0.05) is 19.4 Å². The molecule has 1 aliphatic rings. The van der Waals surface area contributed by atoms with E-state index in [2.05, 4.69) is 25.2 Å². The van der Waals surface area contributed by atoms with Gasteiger partial charge in [-0.25, -0.2) is 0 Å². The quantitative estimate of drug-likeness (QED) is 0.719. The summed E-state index contributed by atoms with van der Waals surface area (Å²) in [5.74, 6) is 0.871. The van der Waals surface area contributed by atoms with Gasteiger partial charge in [0.15, 0.2) is 0 Å². The Labute approximate surface area is 85.5 Å². The van der Waals surface area contributed by atoms with Gasteiger partial charge in [0.05, 0.1) is 0 Å². The number of nitrogens with two attached hydrogens (primary N) is 1. The largest absolute Gasteiger partial charge is 0.398 e. The summed E-state index contributed by atoms with van der Waals surface area (Å²) in [6.07, 6.45) is 2.59. The van der Waals surface area contributed by atoms with Crippen molar-refractivity contribution in [3.05, 3.63) is 23.8 Å². The molecule has 2 heteroatoms. The molecule has 1 aliphatic carbocycles. The molecule has 0 amide bonds. The first-order valence-electron chi connectivity index (χ1n) is 5.34. The molecule has 2 nitrogen and oxygen atoms in total. The summed E-state index contributed by atoms with van der Waals surface area (Å²) in [4.78, 5) is 0. The third-order valence-electron chi connectivity index (χ3n) is 3.16. The van der Waals surface area contributed by atoms with Crippen LogP contribution >= 0.6 is 0 Å². The number of rotatable bonds is 3. The molecule has 14 heavy (non-hydrogen) atoms. The lowest BCUT2D eigenvalue weighted by atomic mass is 10.1. The molecule has 1 aromatic rings. The van der Waals surface area contributed by atoms with Gasteiger partial charge in [0, 0.05) is 17.4 Å². The highest BCUT2D eigenvalue weighted by atomic mass is 15.0. The maximum absolute atomic E-state index is 5.84. The van der Waals surface area contributed by atoms with Crippen LogP contribution in [0.15, 0.2) is 18.2 Å². The number of benzene rings is 1. The first-order valence-corrected chi connectivity index (χ1v) is 5.34. The molecule has 0 aliphatic heterocycles. The molecule has 0 heterocycles. The third-order valence-corrected chi connectivity index (χ3v) is 3.16. The van der Waals surface area contributed by atoms with E-state index in [1.54, 1.807) is 0 Å². The number of hydrogen-bond donors (Lipinski definition) is 2. The molecule has 1 fully saturated rings. The zero-order chi connectivity index (χ0) is 10.1. The second-order valence-corrected chi connectivity index (χ2v) is 4.17. The maximum Gasteiger partial charge on any atom is 0.0392 e. The van der Waals surface area contributed by atoms with Crippen LogP contribution in [-0.4, -0.2) is 6.04 Å². The van der Waals surface area contributed by atoms with E-state index in [1.807, 2.05) is 12.1 Å². The zero-order valence-electron chi connectivity index (χ0n) is 8.88. The van der Waals surface area contributed by atoms with E-state index in [9.17, 15) is 0 Å². The molecule has 1 aromatic carbocycles. The number of nitrogens with one attached hydrogen (secondary N) is 1. The summed E-state index contributed by atoms with van der Waals surface area (Å²) >= 11 is 0. The Morgan fingerprint density at radius 1 is 1.50 bits per heavy atom. The smallest absolute Gasteiger partial charge is 0.0392 e. The summed E-state index contributed by atoms with van der Waals surface area (Å²) in [6.45, 7) is 4.32. The minimum atomic E-state index is 0.681. The van der Waals surface area contributed by atoms with Crippen molar-refractivity contribution in [2.24, 2.45) is 5.92 Å². The molecule has 2 unspecified atom stereocenters. The molecule has 2 rings (SSSR count). The van der Waals surface area contributed by atoms with Crippen molar-refractivity contribution in [1.82, 2.24) is 0 Å². The van der Waals surface area contributed by atoms with E-state index in [0.717, 1.165) is 11.6 Å². The predicted octanol–water partition coefficient (Wildman–Crippen LogP) is 2.79. The van der Waals surface area contributed by atoms with Crippen LogP contribution in [0.4, 0.5) is 11.4 Å². The lowest BCUT2D eigenvalue weighted by Gasteiger charge is -2.10. The number of anilines is 2. The van der Waals surface area contributed by atoms with E-state index in [4.69, 9.17) is 5.73 Å². The highest BCUT2D eigenvalue weighted by molar-refractivity contribution is 5.63. The van der Waals surface area contributed by atoms with Crippen LogP contribution in [0.1, 0.15) is 25.3 Å². The summed E-state index contributed by atoms with van der Waals surface area (Å²) in [7, 11) is 0. The Kier molecular flexibility index (Phi) is 2.36. The lowest BCUT2D eigenvalue weighted by molar-refractivity contribution is 0.774. The number of hydrogen-bond acceptors (Lipinski definition) is 2. The highest BCUT2D eigenvalue weighted by Gasteiger charge is 2.35. The molecule has 0 aromatic heterocycles. The number of nitrogen functional groups attached to an aromatic ring is 1. The summed E-state index contributed by atoms with van der Waals surface area (Å²) < 4.78 is 0. The lowest BCUT2D eigenvalue weighted by Crippen LogP contribution is -2.06. The van der Waals surface area contributed by atoms with Crippen molar-refractivity contribution in [1.29, 1.82) is 0 Å². The van der Waals surface area contributed by atoms with Gasteiger partial charge in [0.1, 0.15) is 0 Å². The van der Waals surface area contributed by atoms with Crippen LogP contribution in [0.3, 0.4) is 0 Å². The second-order valence-electron chi connectivity index (χ2n) is 4.17. The maximum atomic E-state index is 5.84. The van der Waals surface area contributed by atoms with E-state index < -0.39 is 0 Å². The standard InChI is InChI=1S/C12H18N2/c1-3-9-7-12(9)14-11-6-4-5-10(13)8(11)2/h4-6,9,12,14H,3,7,13H2,1-2H3. The van der Waals surface area contributed by atoms with Gasteiger partial charge in [0.25, 0.3) is 0 Å². The van der Waals surface area contributed by atoms with E-state index in [0.29, 0.717) is 6.04 Å². The van der Waals surface area contributed by atoms with Crippen LogP contribution in [0.2, 0.25) is 0 Å². The molecule has 3 N–H and O–H groups in total. The van der Waals surface area contributed by atoms with Crippen LogP contribution in [-0.2, 0) is 0 Å². The average Bonchev–Trinajstić information content (AvgIpc) is 2.92. The van der Waals surface area contributed by atoms with Gasteiger partial charge in [-0.3, -0.25) is 0 Å². The highest BCUT2D eigenvalue weighted by Crippen LogP contribution is 2.37. The SMILES string of the molecule is CCC1CC1Nc1cccc(N)c1C. The van der Waals surface area contributed by atoms with Crippen LogP contribution in [0, 0.1) is 12.8 Å². The Morgan fingerprint density at radius 2 is 2.29 bits per heavy atom. The Bertz CT molecular complexity index is 333. The fourth-order valence-corrected chi connectivity index (χ4v) is 1.89. The Balaban J connectivity index is 2.07. The van der Waals surface area contributed by atoms with Crippen molar-refractivity contribution >= 4 is 11.4 Å². The summed E-state index contributed by atoms with van der Waals surface area (Å²) in [5.41, 5.74) is 9.10. The fourth-order valence-electron chi connectivity index (χ4n) is 1.89. The van der Waals surface area contributed by atoms with Gasteiger partial charge in [-0.05, 0) is 37.0 Å². The van der Waals surface area contributed by atoms with Crippen molar-refractivity contribution in [3.63, 3.8) is 0 Å². The molecule has 76 valence electrons. The minimum Gasteiger partial charge on any atom is -0.398 e. The topological polar surface area (TPSA) is 38.0 Å². The molecular weight excluding hydrogens is 172 g/mol. The van der Waals surface area contributed by atoms with Crippen molar-refractivity contribution in [3.8, 4) is 0 Å². The summed E-state index contributed by atoms with van der Waals surface area (Å²) in [5, 5.41) is 3.55. The molecule has 0 spiro atoms. The predicted molar refractivity (Wildman–Crippen MR) is 61.4 cm³/mol. The third kappa shape index (κ3) is 1.69. The fraction of sp³-hybridized carbons (Fsp3) is 0.500. The molecule has 2 atom stereocenters. The minimum absolute atomic E-state index is 0.681. The molecule has 0 saturated heterocycles. The van der Waals surface area contributed by atoms with Gasteiger partial charge in [-0.2, -0.15) is 0 Å². The Hall–Kier alpha value is -1.18. The monoisotopic (exact) mass is 190 g/mol. The van der Waals surface area contributed by atoms with Crippen molar-refractivity contribution in [2.45, 2.75) is 32.7 Å². The zero-order valence-corrected chi connectivity index (χ0v) is 8.88. The second kappa shape index (κ2) is 3.52. The Morgan fingerprint density at radius 3 is 2.93 bits per heavy atom. The summed E-state index contributed by atoms with van der Waals surface area (Å²) in [6, 6.07) is 6.75. The van der Waals surface area contributed by atoms with Gasteiger partial charge in [-0.15, -0.1) is 0 Å². The van der Waals surface area contributed by atoms with E-state index >= 15 is 0 Å². The average molecular weight is 190 g/mol.